The minimum Gasteiger partial charge on any atom is -0.462 e. The second-order valence-electron chi connectivity index (χ2n) is 4.83. The molecule has 0 saturated carbocycles. The highest BCUT2D eigenvalue weighted by Gasteiger charge is 2.16. The summed E-state index contributed by atoms with van der Waals surface area (Å²) in [6.07, 6.45) is 0. The second-order valence-corrected chi connectivity index (χ2v) is 5.83. The molecule has 1 N–H and O–H groups in total. The lowest BCUT2D eigenvalue weighted by molar-refractivity contribution is 0.0531. The van der Waals surface area contributed by atoms with Crippen LogP contribution in [0.5, 0.6) is 0 Å². The van der Waals surface area contributed by atoms with Crippen LogP contribution in [0.4, 0.5) is 5.13 Å². The van der Waals surface area contributed by atoms with Gasteiger partial charge in [0.15, 0.2) is 0 Å². The third kappa shape index (κ3) is 3.92. The molecule has 22 heavy (non-hydrogen) atoms. The number of thiazole rings is 1. The maximum Gasteiger partial charge on any atom is 0.350 e. The third-order valence-electron chi connectivity index (χ3n) is 3.05. The fraction of sp³-hybridized carbons (Fsp3) is 0.312. The van der Waals surface area contributed by atoms with Crippen molar-refractivity contribution in [1.82, 2.24) is 4.98 Å². The third-order valence-corrected chi connectivity index (χ3v) is 4.09. The summed E-state index contributed by atoms with van der Waals surface area (Å²) in [6, 6.07) is 8.13. The van der Waals surface area contributed by atoms with Gasteiger partial charge in [-0.2, -0.15) is 5.10 Å². The van der Waals surface area contributed by atoms with Gasteiger partial charge in [-0.05, 0) is 33.3 Å². The Balaban J connectivity index is 2.11. The lowest BCUT2D eigenvalue weighted by atomic mass is 10.1. The maximum absolute atomic E-state index is 11.8. The SMILES string of the molecule is CCOC(=O)c1sc(N/N=C(\C)c2ccc(C)cc2)nc1C. The van der Waals surface area contributed by atoms with Gasteiger partial charge in [0.25, 0.3) is 0 Å². The van der Waals surface area contributed by atoms with Crippen molar-refractivity contribution < 1.29 is 9.53 Å². The van der Waals surface area contributed by atoms with E-state index >= 15 is 0 Å². The number of hydrazone groups is 1. The number of esters is 1. The molecule has 0 unspecified atom stereocenters. The number of aromatic nitrogens is 1. The predicted octanol–water partition coefficient (Wildman–Crippen LogP) is 3.77. The summed E-state index contributed by atoms with van der Waals surface area (Å²) in [7, 11) is 0. The predicted molar refractivity (Wildman–Crippen MR) is 89.8 cm³/mol. The van der Waals surface area contributed by atoms with E-state index in [0.717, 1.165) is 11.3 Å². The first-order valence-electron chi connectivity index (χ1n) is 7.03. The summed E-state index contributed by atoms with van der Waals surface area (Å²) in [5, 5.41) is 4.89. The average Bonchev–Trinajstić information content (AvgIpc) is 2.87. The van der Waals surface area contributed by atoms with E-state index in [-0.39, 0.29) is 5.97 Å². The average molecular weight is 317 g/mol. The first-order chi connectivity index (χ1) is 10.5. The molecule has 0 aliphatic rings. The molecule has 0 saturated heterocycles. The lowest BCUT2D eigenvalue weighted by Gasteiger charge is -2.01. The van der Waals surface area contributed by atoms with Crippen molar-refractivity contribution >= 4 is 28.1 Å². The molecule has 0 fully saturated rings. The van der Waals surface area contributed by atoms with Crippen molar-refractivity contribution in [2.75, 3.05) is 12.0 Å². The van der Waals surface area contributed by atoms with Gasteiger partial charge in [-0.3, -0.25) is 5.43 Å². The number of carbonyl (C=O) groups excluding carboxylic acids is 1. The number of ether oxygens (including phenoxy) is 1. The quantitative estimate of drug-likeness (QED) is 0.518. The molecule has 1 aromatic carbocycles. The van der Waals surface area contributed by atoms with Gasteiger partial charge in [0.2, 0.25) is 5.13 Å². The highest BCUT2D eigenvalue weighted by Crippen LogP contribution is 2.23. The van der Waals surface area contributed by atoms with Crippen LogP contribution in [0.2, 0.25) is 0 Å². The number of nitrogens with zero attached hydrogens (tertiary/aromatic N) is 2. The fourth-order valence-corrected chi connectivity index (χ4v) is 2.62. The molecule has 0 bridgehead atoms. The van der Waals surface area contributed by atoms with E-state index in [9.17, 15) is 4.79 Å². The number of rotatable bonds is 5. The summed E-state index contributed by atoms with van der Waals surface area (Å²) in [5.41, 5.74) is 6.65. The largest absolute Gasteiger partial charge is 0.462 e. The molecule has 2 aromatic rings. The van der Waals surface area contributed by atoms with Crippen LogP contribution < -0.4 is 5.43 Å². The molecule has 1 aromatic heterocycles. The lowest BCUT2D eigenvalue weighted by Crippen LogP contribution is -2.03. The van der Waals surface area contributed by atoms with Crippen LogP contribution in [0.3, 0.4) is 0 Å². The summed E-state index contributed by atoms with van der Waals surface area (Å²) in [5.74, 6) is -0.343. The van der Waals surface area contributed by atoms with E-state index in [1.54, 1.807) is 13.8 Å². The topological polar surface area (TPSA) is 63.6 Å². The molecule has 116 valence electrons. The Morgan fingerprint density at radius 2 is 2.00 bits per heavy atom. The molecule has 0 spiro atoms. The normalized spacial score (nSPS) is 11.4. The van der Waals surface area contributed by atoms with Crippen molar-refractivity contribution in [1.29, 1.82) is 0 Å². The monoisotopic (exact) mass is 317 g/mol. The Hall–Kier alpha value is -2.21. The van der Waals surface area contributed by atoms with Crippen molar-refractivity contribution in [3.05, 3.63) is 46.0 Å². The van der Waals surface area contributed by atoms with E-state index < -0.39 is 0 Å². The first kappa shape index (κ1) is 16.2. The Labute approximate surface area is 134 Å². The molecule has 5 nitrogen and oxygen atoms in total. The van der Waals surface area contributed by atoms with Gasteiger partial charge in [0.1, 0.15) is 4.88 Å². The summed E-state index contributed by atoms with van der Waals surface area (Å²) < 4.78 is 5.00. The molecule has 6 heteroatoms. The van der Waals surface area contributed by atoms with Gasteiger partial charge < -0.3 is 4.74 Å². The fourth-order valence-electron chi connectivity index (χ4n) is 1.82. The van der Waals surface area contributed by atoms with Gasteiger partial charge in [-0.15, -0.1) is 0 Å². The zero-order valence-corrected chi connectivity index (χ0v) is 14.0. The van der Waals surface area contributed by atoms with Crippen LogP contribution in [0.1, 0.15) is 40.3 Å². The zero-order valence-electron chi connectivity index (χ0n) is 13.1. The highest BCUT2D eigenvalue weighted by molar-refractivity contribution is 7.17. The Kier molecular flexibility index (Phi) is 5.27. The van der Waals surface area contributed by atoms with Crippen LogP contribution in [0.25, 0.3) is 0 Å². The number of carbonyl (C=O) groups is 1. The van der Waals surface area contributed by atoms with Crippen LogP contribution in [-0.2, 0) is 4.74 Å². The van der Waals surface area contributed by atoms with Crippen LogP contribution in [0.15, 0.2) is 29.4 Å². The Morgan fingerprint density at radius 1 is 1.32 bits per heavy atom. The molecular weight excluding hydrogens is 298 g/mol. The van der Waals surface area contributed by atoms with Gasteiger partial charge in [-0.1, -0.05) is 41.2 Å². The minimum absolute atomic E-state index is 0.343. The number of aryl methyl sites for hydroxylation is 2. The highest BCUT2D eigenvalue weighted by atomic mass is 32.1. The first-order valence-corrected chi connectivity index (χ1v) is 7.84. The van der Waals surface area contributed by atoms with Gasteiger partial charge >= 0.3 is 5.97 Å². The summed E-state index contributed by atoms with van der Waals surface area (Å²) in [6.45, 7) is 7.88. The minimum atomic E-state index is -0.343. The van der Waals surface area contributed by atoms with E-state index in [1.807, 2.05) is 38.1 Å². The molecule has 0 amide bonds. The molecule has 1 heterocycles. The van der Waals surface area contributed by atoms with Crippen molar-refractivity contribution in [3.63, 3.8) is 0 Å². The Morgan fingerprint density at radius 3 is 2.64 bits per heavy atom. The number of hydrogen-bond acceptors (Lipinski definition) is 6. The second kappa shape index (κ2) is 7.17. The maximum atomic E-state index is 11.8. The van der Waals surface area contributed by atoms with E-state index in [4.69, 9.17) is 4.74 Å². The smallest absolute Gasteiger partial charge is 0.350 e. The van der Waals surface area contributed by atoms with Crippen molar-refractivity contribution in [2.24, 2.45) is 5.10 Å². The number of benzene rings is 1. The van der Waals surface area contributed by atoms with Crippen LogP contribution >= 0.6 is 11.3 Å². The number of anilines is 1. The van der Waals surface area contributed by atoms with Crippen LogP contribution in [-0.4, -0.2) is 23.3 Å². The van der Waals surface area contributed by atoms with Crippen molar-refractivity contribution in [3.8, 4) is 0 Å². The van der Waals surface area contributed by atoms with Gasteiger partial charge in [0.05, 0.1) is 18.0 Å². The molecule has 2 rings (SSSR count). The molecule has 0 radical (unpaired) electrons. The summed E-state index contributed by atoms with van der Waals surface area (Å²) in [4.78, 5) is 16.6. The van der Waals surface area contributed by atoms with Crippen molar-refractivity contribution in [2.45, 2.75) is 27.7 Å². The van der Waals surface area contributed by atoms with E-state index in [0.29, 0.717) is 22.3 Å². The molecule has 0 aliphatic heterocycles. The summed E-state index contributed by atoms with van der Waals surface area (Å²) >= 11 is 1.24. The van der Waals surface area contributed by atoms with E-state index in [2.05, 4.69) is 15.5 Å². The standard InChI is InChI=1S/C16H19N3O2S/c1-5-21-15(20)14-12(4)17-16(22-14)19-18-11(3)13-8-6-10(2)7-9-13/h6-9H,5H2,1-4H3,(H,17,19)/b18-11+. The zero-order chi connectivity index (χ0) is 16.1. The molecular formula is C16H19N3O2S. The van der Waals surface area contributed by atoms with E-state index in [1.165, 1.54) is 16.9 Å². The number of nitrogens with one attached hydrogen (secondary N) is 1. The van der Waals surface area contributed by atoms with Gasteiger partial charge in [-0.25, -0.2) is 9.78 Å². The number of hydrogen-bond donors (Lipinski definition) is 1. The molecule has 0 aliphatic carbocycles. The Bertz CT molecular complexity index is 690. The van der Waals surface area contributed by atoms with Gasteiger partial charge in [0, 0.05) is 0 Å². The van der Waals surface area contributed by atoms with Crippen LogP contribution in [0, 0.1) is 13.8 Å². The molecule has 0 atom stereocenters.